The molecule has 2 aliphatic heterocycles. The van der Waals surface area contributed by atoms with E-state index in [4.69, 9.17) is 9.97 Å². The van der Waals surface area contributed by atoms with Crippen LogP contribution in [0.2, 0.25) is 0 Å². The minimum absolute atomic E-state index is 0.114. The van der Waals surface area contributed by atoms with Crippen LogP contribution in [0, 0.1) is 0 Å². The Labute approximate surface area is 256 Å². The van der Waals surface area contributed by atoms with Crippen molar-refractivity contribution in [2.45, 2.75) is 23.7 Å². The number of allylic oxidation sites excluding steroid dienone is 16. The molecule has 44 heavy (non-hydrogen) atoms. The fourth-order valence-electron chi connectivity index (χ4n) is 7.19. The van der Waals surface area contributed by atoms with E-state index in [1.54, 1.807) is 0 Å². The second-order valence-corrected chi connectivity index (χ2v) is 11.8. The summed E-state index contributed by atoms with van der Waals surface area (Å²) in [6.45, 7) is 0. The van der Waals surface area contributed by atoms with Gasteiger partial charge in [0.2, 0.25) is 0 Å². The van der Waals surface area contributed by atoms with Crippen molar-refractivity contribution >= 4 is 46.4 Å². The van der Waals surface area contributed by atoms with Crippen molar-refractivity contribution in [3.8, 4) is 0 Å². The van der Waals surface area contributed by atoms with Gasteiger partial charge in [-0.2, -0.15) is 0 Å². The first-order chi connectivity index (χ1) is 21.8. The lowest BCUT2D eigenvalue weighted by Gasteiger charge is -2.11. The van der Waals surface area contributed by atoms with Crippen LogP contribution in [0.4, 0.5) is 0 Å². The van der Waals surface area contributed by atoms with Gasteiger partial charge in [-0.3, -0.25) is 0 Å². The molecule has 0 spiro atoms. The third-order valence-corrected chi connectivity index (χ3v) is 9.24. The van der Waals surface area contributed by atoms with Crippen molar-refractivity contribution in [3.63, 3.8) is 0 Å². The van der Waals surface area contributed by atoms with Crippen LogP contribution in [0.3, 0.4) is 0 Å². The highest BCUT2D eigenvalue weighted by atomic mass is 14.8. The van der Waals surface area contributed by atoms with Crippen molar-refractivity contribution in [2.24, 2.45) is 0 Å². The predicted molar refractivity (Wildman–Crippen MR) is 183 cm³/mol. The average Bonchev–Trinajstić information content (AvgIpc) is 3.90. The molecule has 4 aliphatic carbocycles. The summed E-state index contributed by atoms with van der Waals surface area (Å²) in [5, 5.41) is 0. The SMILES string of the molecule is C1=CC(c2c3nc(c(C4C=CC=C4)c4ccc([nH]4)c(C4C=CC=C4)c4ccc([nH]4)c(C4C=CC=C4)c4nc2C=C4)C=C3)C=C1. The van der Waals surface area contributed by atoms with E-state index in [1.807, 2.05) is 0 Å². The summed E-state index contributed by atoms with van der Waals surface area (Å²) in [5.74, 6) is 0.548. The van der Waals surface area contributed by atoms with Crippen LogP contribution in [0.25, 0.3) is 46.4 Å². The van der Waals surface area contributed by atoms with Gasteiger partial charge in [0.05, 0.1) is 22.8 Å². The van der Waals surface area contributed by atoms with Gasteiger partial charge in [-0.1, -0.05) is 97.2 Å². The van der Waals surface area contributed by atoms with E-state index in [9.17, 15) is 0 Å². The Bertz CT molecular complexity index is 2020. The van der Waals surface area contributed by atoms with Gasteiger partial charge in [0.25, 0.3) is 0 Å². The summed E-state index contributed by atoms with van der Waals surface area (Å²) in [6, 6.07) is 8.87. The zero-order valence-electron chi connectivity index (χ0n) is 24.1. The normalized spacial score (nSPS) is 18.5. The van der Waals surface area contributed by atoms with Crippen LogP contribution < -0.4 is 0 Å². The maximum absolute atomic E-state index is 5.33. The van der Waals surface area contributed by atoms with E-state index in [0.29, 0.717) is 0 Å². The lowest BCUT2D eigenvalue weighted by atomic mass is 9.97. The smallest absolute Gasteiger partial charge is 0.0700 e. The Balaban J connectivity index is 1.44. The molecule has 9 rings (SSSR count). The fraction of sp³-hybridized carbons (Fsp3) is 0.100. The molecule has 3 aromatic rings. The summed E-state index contributed by atoms with van der Waals surface area (Å²) < 4.78 is 0. The molecule has 0 atom stereocenters. The van der Waals surface area contributed by atoms with E-state index >= 15 is 0 Å². The lowest BCUT2D eigenvalue weighted by molar-refractivity contribution is 1.03. The average molecular weight is 567 g/mol. The van der Waals surface area contributed by atoms with Crippen molar-refractivity contribution in [2.75, 3.05) is 0 Å². The first kappa shape index (κ1) is 25.1. The van der Waals surface area contributed by atoms with E-state index in [2.05, 4.69) is 156 Å². The molecule has 8 bridgehead atoms. The van der Waals surface area contributed by atoms with E-state index in [1.165, 1.54) is 16.7 Å². The second kappa shape index (κ2) is 10.1. The molecular weight excluding hydrogens is 536 g/mol. The van der Waals surface area contributed by atoms with Gasteiger partial charge in [-0.05, 0) is 48.6 Å². The number of nitrogens with zero attached hydrogens (tertiary/aromatic N) is 2. The van der Waals surface area contributed by atoms with Crippen molar-refractivity contribution in [1.82, 2.24) is 19.9 Å². The molecule has 0 saturated carbocycles. The Kier molecular flexibility index (Phi) is 5.73. The van der Waals surface area contributed by atoms with Crippen LogP contribution in [0.5, 0.6) is 0 Å². The molecule has 0 radical (unpaired) electrons. The molecule has 210 valence electrons. The third kappa shape index (κ3) is 4.06. The molecule has 2 N–H and O–H groups in total. The molecule has 4 heteroatoms. The van der Waals surface area contributed by atoms with Gasteiger partial charge in [0.15, 0.2) is 0 Å². The van der Waals surface area contributed by atoms with Gasteiger partial charge >= 0.3 is 0 Å². The minimum Gasteiger partial charge on any atom is -0.355 e. The highest BCUT2D eigenvalue weighted by molar-refractivity contribution is 5.85. The molecule has 0 unspecified atom stereocenters. The molecule has 0 fully saturated rings. The number of nitrogens with one attached hydrogen (secondary N) is 2. The largest absolute Gasteiger partial charge is 0.355 e. The summed E-state index contributed by atoms with van der Waals surface area (Å²) in [6.07, 6.45) is 43.6. The van der Waals surface area contributed by atoms with Crippen molar-refractivity contribution in [3.05, 3.63) is 167 Å². The van der Waals surface area contributed by atoms with Gasteiger partial charge in [-0.25, -0.2) is 9.97 Å². The zero-order chi connectivity index (χ0) is 29.0. The fourth-order valence-corrected chi connectivity index (χ4v) is 7.19. The molecule has 0 saturated heterocycles. The highest BCUT2D eigenvalue weighted by Gasteiger charge is 2.24. The number of aromatic amines is 2. The van der Waals surface area contributed by atoms with Gasteiger partial charge < -0.3 is 9.97 Å². The van der Waals surface area contributed by atoms with Crippen LogP contribution in [0.1, 0.15) is 68.7 Å². The number of hydrogen-bond acceptors (Lipinski definition) is 2. The van der Waals surface area contributed by atoms with Crippen LogP contribution >= 0.6 is 0 Å². The van der Waals surface area contributed by atoms with Crippen molar-refractivity contribution < 1.29 is 0 Å². The Hall–Kier alpha value is -5.48. The number of H-pyrrole nitrogens is 2. The lowest BCUT2D eigenvalue weighted by Crippen LogP contribution is -2.00. The summed E-state index contributed by atoms with van der Waals surface area (Å²) >= 11 is 0. The maximum Gasteiger partial charge on any atom is 0.0700 e. The Morgan fingerprint density at radius 2 is 0.614 bits per heavy atom. The number of rotatable bonds is 4. The number of aromatic nitrogens is 4. The first-order valence-electron chi connectivity index (χ1n) is 15.4. The van der Waals surface area contributed by atoms with Gasteiger partial charge in [0.1, 0.15) is 0 Å². The number of fused-ring (bicyclic) bond motifs is 8. The quantitative estimate of drug-likeness (QED) is 0.228. The molecule has 6 aliphatic rings. The molecular formula is C40H30N4. The Morgan fingerprint density at radius 1 is 0.341 bits per heavy atom. The minimum atomic E-state index is 0.114. The molecule has 5 heterocycles. The monoisotopic (exact) mass is 566 g/mol. The van der Waals surface area contributed by atoms with Gasteiger partial charge in [-0.15, -0.1) is 0 Å². The summed E-state index contributed by atoms with van der Waals surface area (Å²) in [7, 11) is 0. The first-order valence-corrected chi connectivity index (χ1v) is 15.4. The van der Waals surface area contributed by atoms with Crippen molar-refractivity contribution in [1.29, 1.82) is 0 Å². The number of hydrogen-bond donors (Lipinski definition) is 2. The zero-order valence-corrected chi connectivity index (χ0v) is 24.1. The van der Waals surface area contributed by atoms with Crippen LogP contribution in [-0.2, 0) is 0 Å². The summed E-state index contributed by atoms with van der Waals surface area (Å²) in [4.78, 5) is 18.3. The standard InChI is InChI=1S/C40H30N4/c1-2-10-25(9-1)37-29-17-19-31(41-29)38(26-11-3-4-12-26)33-21-23-35(43-33)40(28-15-7-8-16-28)36-24-22-34(44-36)39(27-13-5-6-14-27)32-20-18-30(37)42-32/h1-28,41-42H. The van der Waals surface area contributed by atoms with E-state index < -0.39 is 0 Å². The highest BCUT2D eigenvalue weighted by Crippen LogP contribution is 2.38. The topological polar surface area (TPSA) is 57.4 Å². The third-order valence-electron chi connectivity index (χ3n) is 9.24. The molecule has 0 amide bonds. The predicted octanol–water partition coefficient (Wildman–Crippen LogP) is 9.49. The van der Waals surface area contributed by atoms with Gasteiger partial charge in [0, 0.05) is 68.0 Å². The van der Waals surface area contributed by atoms with E-state index in [-0.39, 0.29) is 23.7 Å². The molecule has 4 nitrogen and oxygen atoms in total. The molecule has 3 aromatic heterocycles. The van der Waals surface area contributed by atoms with Crippen LogP contribution in [0.15, 0.2) is 121 Å². The second-order valence-electron chi connectivity index (χ2n) is 11.8. The molecule has 0 aromatic carbocycles. The van der Waals surface area contributed by atoms with Crippen LogP contribution in [-0.4, -0.2) is 19.9 Å². The maximum atomic E-state index is 5.33. The Morgan fingerprint density at radius 3 is 0.977 bits per heavy atom. The van der Waals surface area contributed by atoms with E-state index in [0.717, 1.165) is 50.4 Å². The summed E-state index contributed by atoms with van der Waals surface area (Å²) in [5.41, 5.74) is 12.9.